The van der Waals surface area contributed by atoms with Gasteiger partial charge in [-0.25, -0.2) is 0 Å². The number of hydrogen-bond acceptors (Lipinski definition) is 3. The maximum absolute atomic E-state index is 9.46. The Bertz CT molecular complexity index is 549. The molecule has 1 saturated carbocycles. The van der Waals surface area contributed by atoms with Gasteiger partial charge < -0.3 is 10.1 Å². The van der Waals surface area contributed by atoms with Crippen LogP contribution < -0.4 is 10.1 Å². The molecule has 3 nitrogen and oxygen atoms in total. The zero-order chi connectivity index (χ0) is 14.7. The standard InChI is InChI=1S/C18H24N2O/c1-20-18(13-19)10-3-6-16(18)9-11-21-17-8-7-14-4-2-5-15(14)12-17/h7-8,12,16,20H,2-6,9-11H2,1H3. The van der Waals surface area contributed by atoms with Crippen LogP contribution in [0.1, 0.15) is 43.2 Å². The van der Waals surface area contributed by atoms with Crippen molar-refractivity contribution in [3.05, 3.63) is 29.3 Å². The molecule has 2 aliphatic rings. The van der Waals surface area contributed by atoms with Crippen LogP contribution in [0.4, 0.5) is 0 Å². The molecule has 0 spiro atoms. The van der Waals surface area contributed by atoms with Crippen molar-refractivity contribution < 1.29 is 4.74 Å². The van der Waals surface area contributed by atoms with Crippen LogP contribution in [0, 0.1) is 17.2 Å². The highest BCUT2D eigenvalue weighted by Crippen LogP contribution is 2.37. The van der Waals surface area contributed by atoms with E-state index >= 15 is 0 Å². The predicted octanol–water partition coefficient (Wildman–Crippen LogP) is 3.23. The Morgan fingerprint density at radius 1 is 1.33 bits per heavy atom. The Balaban J connectivity index is 1.55. The lowest BCUT2D eigenvalue weighted by molar-refractivity contribution is 0.239. The van der Waals surface area contributed by atoms with E-state index in [9.17, 15) is 5.26 Å². The largest absolute Gasteiger partial charge is 0.494 e. The molecular weight excluding hydrogens is 260 g/mol. The summed E-state index contributed by atoms with van der Waals surface area (Å²) in [6.45, 7) is 0.703. The number of ether oxygens (including phenoxy) is 1. The average Bonchev–Trinajstić information content (AvgIpc) is 3.13. The minimum Gasteiger partial charge on any atom is -0.494 e. The van der Waals surface area contributed by atoms with Crippen LogP contribution in [0.3, 0.4) is 0 Å². The van der Waals surface area contributed by atoms with Crippen molar-refractivity contribution in [2.24, 2.45) is 5.92 Å². The molecule has 112 valence electrons. The predicted molar refractivity (Wildman–Crippen MR) is 83.3 cm³/mol. The molecule has 3 rings (SSSR count). The van der Waals surface area contributed by atoms with E-state index in [1.165, 1.54) is 30.4 Å². The number of aryl methyl sites for hydroxylation is 2. The van der Waals surface area contributed by atoms with Gasteiger partial charge in [-0.1, -0.05) is 12.5 Å². The van der Waals surface area contributed by atoms with Gasteiger partial charge in [-0.05, 0) is 74.8 Å². The summed E-state index contributed by atoms with van der Waals surface area (Å²) in [4.78, 5) is 0. The third-order valence-corrected chi connectivity index (χ3v) is 5.27. The fourth-order valence-electron chi connectivity index (χ4n) is 3.96. The summed E-state index contributed by atoms with van der Waals surface area (Å²) in [6.07, 6.45) is 7.85. The number of hydrogen-bond donors (Lipinski definition) is 1. The van der Waals surface area contributed by atoms with E-state index in [1.54, 1.807) is 0 Å². The molecule has 1 fully saturated rings. The van der Waals surface area contributed by atoms with Gasteiger partial charge in [-0.15, -0.1) is 0 Å². The maximum atomic E-state index is 9.46. The summed E-state index contributed by atoms with van der Waals surface area (Å²) in [7, 11) is 1.91. The van der Waals surface area contributed by atoms with Gasteiger partial charge in [0.1, 0.15) is 11.3 Å². The maximum Gasteiger partial charge on any atom is 0.119 e. The van der Waals surface area contributed by atoms with Crippen molar-refractivity contribution in [3.63, 3.8) is 0 Å². The molecule has 0 aliphatic heterocycles. The van der Waals surface area contributed by atoms with E-state index in [-0.39, 0.29) is 5.54 Å². The fourth-order valence-corrected chi connectivity index (χ4v) is 3.96. The summed E-state index contributed by atoms with van der Waals surface area (Å²) < 4.78 is 5.94. The number of nitrogens with zero attached hydrogens (tertiary/aromatic N) is 1. The number of fused-ring (bicyclic) bond motifs is 1. The van der Waals surface area contributed by atoms with E-state index in [0.717, 1.165) is 31.4 Å². The normalized spacial score (nSPS) is 27.3. The third-order valence-electron chi connectivity index (χ3n) is 5.27. The van der Waals surface area contributed by atoms with Crippen LogP contribution in [0.25, 0.3) is 0 Å². The zero-order valence-corrected chi connectivity index (χ0v) is 12.8. The molecule has 0 heterocycles. The molecule has 1 N–H and O–H groups in total. The molecule has 0 saturated heterocycles. The zero-order valence-electron chi connectivity index (χ0n) is 12.8. The highest BCUT2D eigenvalue weighted by atomic mass is 16.5. The topological polar surface area (TPSA) is 45.0 Å². The van der Waals surface area contributed by atoms with E-state index in [0.29, 0.717) is 12.5 Å². The van der Waals surface area contributed by atoms with E-state index in [2.05, 4.69) is 29.6 Å². The number of rotatable bonds is 5. The average molecular weight is 284 g/mol. The summed E-state index contributed by atoms with van der Waals surface area (Å²) in [5.74, 6) is 1.39. The van der Waals surface area contributed by atoms with Crippen molar-refractivity contribution in [2.75, 3.05) is 13.7 Å². The minimum absolute atomic E-state index is 0.332. The monoisotopic (exact) mass is 284 g/mol. The first-order chi connectivity index (χ1) is 10.3. The van der Waals surface area contributed by atoms with Crippen molar-refractivity contribution in [2.45, 2.75) is 50.5 Å². The molecule has 0 bridgehead atoms. The van der Waals surface area contributed by atoms with Crippen molar-refractivity contribution in [1.82, 2.24) is 5.32 Å². The van der Waals surface area contributed by atoms with Crippen LogP contribution in [0.2, 0.25) is 0 Å². The molecule has 2 unspecified atom stereocenters. The first-order valence-electron chi connectivity index (χ1n) is 8.12. The Labute approximate surface area is 127 Å². The SMILES string of the molecule is CNC1(C#N)CCCC1CCOc1ccc2c(c1)CCC2. The Kier molecular flexibility index (Phi) is 4.17. The number of nitrogens with one attached hydrogen (secondary N) is 1. The second kappa shape index (κ2) is 6.07. The summed E-state index contributed by atoms with van der Waals surface area (Å²) in [5.41, 5.74) is 2.60. The third kappa shape index (κ3) is 2.78. The second-order valence-corrected chi connectivity index (χ2v) is 6.34. The molecule has 0 amide bonds. The quantitative estimate of drug-likeness (QED) is 0.903. The van der Waals surface area contributed by atoms with E-state index in [4.69, 9.17) is 4.74 Å². The van der Waals surface area contributed by atoms with E-state index < -0.39 is 0 Å². The Morgan fingerprint density at radius 2 is 2.19 bits per heavy atom. The lowest BCUT2D eigenvalue weighted by atomic mass is 9.86. The van der Waals surface area contributed by atoms with Gasteiger partial charge >= 0.3 is 0 Å². The summed E-state index contributed by atoms with van der Waals surface area (Å²) in [5, 5.41) is 12.7. The molecule has 2 atom stereocenters. The van der Waals surface area contributed by atoms with Crippen LogP contribution in [0.15, 0.2) is 18.2 Å². The van der Waals surface area contributed by atoms with Gasteiger partial charge in [0.15, 0.2) is 0 Å². The number of nitriles is 1. The summed E-state index contributed by atoms with van der Waals surface area (Å²) in [6, 6.07) is 8.99. The molecule has 2 aliphatic carbocycles. The molecule has 3 heteroatoms. The summed E-state index contributed by atoms with van der Waals surface area (Å²) >= 11 is 0. The Morgan fingerprint density at radius 3 is 3.00 bits per heavy atom. The second-order valence-electron chi connectivity index (χ2n) is 6.34. The first-order valence-corrected chi connectivity index (χ1v) is 8.12. The van der Waals surface area contributed by atoms with Gasteiger partial charge in [0.2, 0.25) is 0 Å². The minimum atomic E-state index is -0.332. The molecule has 21 heavy (non-hydrogen) atoms. The highest BCUT2D eigenvalue weighted by molar-refractivity contribution is 5.38. The van der Waals surface area contributed by atoms with Crippen molar-refractivity contribution >= 4 is 0 Å². The van der Waals surface area contributed by atoms with Gasteiger partial charge in [0.05, 0.1) is 12.7 Å². The van der Waals surface area contributed by atoms with Crippen molar-refractivity contribution in [1.29, 1.82) is 5.26 Å². The van der Waals surface area contributed by atoms with Crippen LogP contribution in [-0.2, 0) is 12.8 Å². The van der Waals surface area contributed by atoms with Gasteiger partial charge in [-0.3, -0.25) is 0 Å². The highest BCUT2D eigenvalue weighted by Gasteiger charge is 2.41. The van der Waals surface area contributed by atoms with Crippen molar-refractivity contribution in [3.8, 4) is 11.8 Å². The lowest BCUT2D eigenvalue weighted by Crippen LogP contribution is -2.45. The van der Waals surface area contributed by atoms with Gasteiger partial charge in [-0.2, -0.15) is 5.26 Å². The van der Waals surface area contributed by atoms with E-state index in [1.807, 2.05) is 7.05 Å². The molecular formula is C18H24N2O. The molecule has 1 aromatic rings. The first kappa shape index (κ1) is 14.4. The van der Waals surface area contributed by atoms with Gasteiger partial charge in [0, 0.05) is 0 Å². The lowest BCUT2D eigenvalue weighted by Gasteiger charge is -2.28. The number of benzene rings is 1. The fraction of sp³-hybridized carbons (Fsp3) is 0.611. The van der Waals surface area contributed by atoms with Gasteiger partial charge in [0.25, 0.3) is 0 Å². The van der Waals surface area contributed by atoms with Crippen LogP contribution in [-0.4, -0.2) is 19.2 Å². The van der Waals surface area contributed by atoms with Crippen LogP contribution in [0.5, 0.6) is 5.75 Å². The van der Waals surface area contributed by atoms with Crippen LogP contribution >= 0.6 is 0 Å². The Hall–Kier alpha value is -1.53. The molecule has 1 aromatic carbocycles. The smallest absolute Gasteiger partial charge is 0.119 e. The molecule has 0 aromatic heterocycles. The molecule has 0 radical (unpaired) electrons.